The van der Waals surface area contributed by atoms with Gasteiger partial charge in [0.1, 0.15) is 0 Å². The van der Waals surface area contributed by atoms with Crippen molar-refractivity contribution in [2.75, 3.05) is 13.2 Å². The molecular formula is C6H11NO2. The summed E-state index contributed by atoms with van der Waals surface area (Å²) >= 11 is 0. The topological polar surface area (TPSA) is 41.5 Å². The number of hydrogen-bond donors (Lipinski definition) is 2. The Kier molecular flexibility index (Phi) is 1.22. The molecule has 2 fully saturated rings. The van der Waals surface area contributed by atoms with Crippen molar-refractivity contribution in [1.82, 2.24) is 5.32 Å². The van der Waals surface area contributed by atoms with Crippen LogP contribution < -0.4 is 5.32 Å². The van der Waals surface area contributed by atoms with Gasteiger partial charge in [-0.1, -0.05) is 0 Å². The molecule has 0 radical (unpaired) electrons. The standard InChI is InChI=1S/C6H11NO2/c8-6-1-4-2-9-3-5(6)7-4/h4-8H,1-3H2/t4-,5-,6+/m1/s1. The first-order valence-electron chi connectivity index (χ1n) is 3.38. The van der Waals surface area contributed by atoms with Crippen LogP contribution in [-0.2, 0) is 4.74 Å². The van der Waals surface area contributed by atoms with E-state index in [1.54, 1.807) is 0 Å². The molecule has 2 saturated heterocycles. The molecule has 2 N–H and O–H groups in total. The lowest BCUT2D eigenvalue weighted by Gasteiger charge is -2.21. The Balaban J connectivity index is 2.07. The first-order valence-corrected chi connectivity index (χ1v) is 3.38. The number of rotatable bonds is 0. The number of ether oxygens (including phenoxy) is 1. The highest BCUT2D eigenvalue weighted by atomic mass is 16.5. The van der Waals surface area contributed by atoms with Crippen LogP contribution in [0.5, 0.6) is 0 Å². The van der Waals surface area contributed by atoms with E-state index in [-0.39, 0.29) is 12.1 Å². The monoisotopic (exact) mass is 129 g/mol. The summed E-state index contributed by atoms with van der Waals surface area (Å²) in [5, 5.41) is 12.5. The summed E-state index contributed by atoms with van der Waals surface area (Å²) in [6, 6.07) is 0.627. The van der Waals surface area contributed by atoms with E-state index in [9.17, 15) is 5.11 Å². The molecule has 0 amide bonds. The van der Waals surface area contributed by atoms with E-state index < -0.39 is 0 Å². The molecule has 2 aliphatic heterocycles. The predicted octanol–water partition coefficient (Wildman–Crippen LogP) is -0.892. The lowest BCUT2D eigenvalue weighted by molar-refractivity contribution is 0.0528. The quantitative estimate of drug-likeness (QED) is 0.446. The molecule has 2 heterocycles. The maximum Gasteiger partial charge on any atom is 0.0731 e. The normalized spacial score (nSPS) is 49.7. The van der Waals surface area contributed by atoms with Crippen LogP contribution in [-0.4, -0.2) is 36.5 Å². The van der Waals surface area contributed by atoms with Crippen LogP contribution in [0.3, 0.4) is 0 Å². The van der Waals surface area contributed by atoms with Crippen molar-refractivity contribution in [3.8, 4) is 0 Å². The fourth-order valence-electron chi connectivity index (χ4n) is 1.55. The summed E-state index contributed by atoms with van der Waals surface area (Å²) in [5.41, 5.74) is 0. The van der Waals surface area contributed by atoms with Gasteiger partial charge in [-0.25, -0.2) is 0 Å². The summed E-state index contributed by atoms with van der Waals surface area (Å²) < 4.78 is 5.20. The highest BCUT2D eigenvalue weighted by Crippen LogP contribution is 2.17. The summed E-state index contributed by atoms with van der Waals surface area (Å²) in [4.78, 5) is 0. The van der Waals surface area contributed by atoms with Gasteiger partial charge >= 0.3 is 0 Å². The van der Waals surface area contributed by atoms with Crippen LogP contribution in [0.2, 0.25) is 0 Å². The van der Waals surface area contributed by atoms with Crippen molar-refractivity contribution >= 4 is 0 Å². The van der Waals surface area contributed by atoms with Crippen molar-refractivity contribution in [2.45, 2.75) is 24.6 Å². The zero-order chi connectivity index (χ0) is 6.27. The van der Waals surface area contributed by atoms with Crippen LogP contribution in [0.1, 0.15) is 6.42 Å². The minimum atomic E-state index is -0.169. The van der Waals surface area contributed by atoms with E-state index in [0.29, 0.717) is 12.6 Å². The molecule has 3 nitrogen and oxygen atoms in total. The third-order valence-electron chi connectivity index (χ3n) is 2.06. The Bertz CT molecular complexity index is 116. The van der Waals surface area contributed by atoms with Crippen LogP contribution in [0.15, 0.2) is 0 Å². The molecule has 2 rings (SSSR count). The third-order valence-corrected chi connectivity index (χ3v) is 2.06. The molecule has 0 spiro atoms. The van der Waals surface area contributed by atoms with Crippen LogP contribution in [0, 0.1) is 0 Å². The minimum Gasteiger partial charge on any atom is -0.391 e. The third kappa shape index (κ3) is 0.852. The van der Waals surface area contributed by atoms with E-state index in [2.05, 4.69) is 5.32 Å². The Morgan fingerprint density at radius 3 is 3.00 bits per heavy atom. The number of aliphatic hydroxyl groups is 1. The predicted molar refractivity (Wildman–Crippen MR) is 32.2 cm³/mol. The molecule has 0 aliphatic carbocycles. The van der Waals surface area contributed by atoms with E-state index in [1.165, 1.54) is 0 Å². The molecule has 2 aliphatic rings. The molecule has 3 heteroatoms. The number of nitrogens with one attached hydrogen (secondary N) is 1. The summed E-state index contributed by atoms with van der Waals surface area (Å²) in [7, 11) is 0. The zero-order valence-corrected chi connectivity index (χ0v) is 5.21. The van der Waals surface area contributed by atoms with Gasteiger partial charge in [-0.3, -0.25) is 0 Å². The molecule has 2 bridgehead atoms. The molecule has 0 aromatic carbocycles. The Morgan fingerprint density at radius 2 is 2.33 bits per heavy atom. The second-order valence-corrected chi connectivity index (χ2v) is 2.81. The number of aliphatic hydroxyl groups excluding tert-OH is 1. The minimum absolute atomic E-state index is 0.169. The van der Waals surface area contributed by atoms with Crippen molar-refractivity contribution in [2.24, 2.45) is 0 Å². The van der Waals surface area contributed by atoms with Gasteiger partial charge in [-0.05, 0) is 6.42 Å². The second kappa shape index (κ2) is 1.94. The molecule has 0 aromatic rings. The van der Waals surface area contributed by atoms with Gasteiger partial charge in [0.25, 0.3) is 0 Å². The number of hydrogen-bond acceptors (Lipinski definition) is 3. The average molecular weight is 129 g/mol. The van der Waals surface area contributed by atoms with Gasteiger partial charge in [-0.15, -0.1) is 0 Å². The molecule has 0 aromatic heterocycles. The average Bonchev–Trinajstić information content (AvgIpc) is 2.09. The van der Waals surface area contributed by atoms with Crippen LogP contribution >= 0.6 is 0 Å². The van der Waals surface area contributed by atoms with Crippen molar-refractivity contribution in [3.63, 3.8) is 0 Å². The summed E-state index contributed by atoms with van der Waals surface area (Å²) in [6.45, 7) is 1.45. The molecule has 52 valence electrons. The number of morpholine rings is 1. The second-order valence-electron chi connectivity index (χ2n) is 2.81. The molecule has 3 atom stereocenters. The van der Waals surface area contributed by atoms with E-state index >= 15 is 0 Å². The molecule has 9 heavy (non-hydrogen) atoms. The van der Waals surface area contributed by atoms with Gasteiger partial charge < -0.3 is 15.2 Å². The van der Waals surface area contributed by atoms with Crippen LogP contribution in [0.25, 0.3) is 0 Å². The van der Waals surface area contributed by atoms with Gasteiger partial charge in [0.2, 0.25) is 0 Å². The van der Waals surface area contributed by atoms with Crippen molar-refractivity contribution in [1.29, 1.82) is 0 Å². The maximum absolute atomic E-state index is 9.26. The van der Waals surface area contributed by atoms with Crippen LogP contribution in [0.4, 0.5) is 0 Å². The SMILES string of the molecule is O[C@H]1C[C@@H]2COC[C@H]1N2. The zero-order valence-electron chi connectivity index (χ0n) is 5.21. The maximum atomic E-state index is 9.26. The number of fused-ring (bicyclic) bond motifs is 2. The Labute approximate surface area is 54.0 Å². The van der Waals surface area contributed by atoms with Gasteiger partial charge in [0, 0.05) is 6.04 Å². The van der Waals surface area contributed by atoms with Gasteiger partial charge in [-0.2, -0.15) is 0 Å². The Morgan fingerprint density at radius 1 is 1.44 bits per heavy atom. The summed E-state index contributed by atoms with van der Waals surface area (Å²) in [5.74, 6) is 0. The van der Waals surface area contributed by atoms with E-state index in [0.717, 1.165) is 13.0 Å². The van der Waals surface area contributed by atoms with Gasteiger partial charge in [0.15, 0.2) is 0 Å². The van der Waals surface area contributed by atoms with E-state index in [4.69, 9.17) is 4.74 Å². The van der Waals surface area contributed by atoms with Crippen molar-refractivity contribution in [3.05, 3.63) is 0 Å². The van der Waals surface area contributed by atoms with E-state index in [1.807, 2.05) is 0 Å². The first-order chi connectivity index (χ1) is 4.36. The van der Waals surface area contributed by atoms with Crippen molar-refractivity contribution < 1.29 is 9.84 Å². The lowest BCUT2D eigenvalue weighted by Crippen LogP contribution is -2.43. The molecule has 0 unspecified atom stereocenters. The largest absolute Gasteiger partial charge is 0.391 e. The van der Waals surface area contributed by atoms with Gasteiger partial charge in [0.05, 0.1) is 25.4 Å². The first kappa shape index (κ1) is 5.65. The summed E-state index contributed by atoms with van der Waals surface area (Å²) in [6.07, 6.45) is 0.697. The fourth-order valence-corrected chi connectivity index (χ4v) is 1.55. The highest BCUT2D eigenvalue weighted by molar-refractivity contribution is 4.93. The Hall–Kier alpha value is -0.120. The molecular weight excluding hydrogens is 118 g/mol. The fraction of sp³-hybridized carbons (Fsp3) is 1.00. The highest BCUT2D eigenvalue weighted by Gasteiger charge is 2.35. The molecule has 0 saturated carbocycles. The lowest BCUT2D eigenvalue weighted by atomic mass is 10.2. The smallest absolute Gasteiger partial charge is 0.0731 e.